The molecule has 21 heavy (non-hydrogen) atoms. The molecule has 0 saturated heterocycles. The van der Waals surface area contributed by atoms with Gasteiger partial charge >= 0.3 is 5.97 Å². The molecule has 0 spiro atoms. The van der Waals surface area contributed by atoms with E-state index >= 15 is 0 Å². The number of carbonyl (C=O) groups is 1. The SMILES string of the molecule is CCOC(=O)CCC/C=C/C[C@H]1C[C@H]2C[C@@H]([C@@H]1N)C2(C)C. The van der Waals surface area contributed by atoms with Gasteiger partial charge in [0, 0.05) is 12.5 Å². The number of rotatable bonds is 7. The summed E-state index contributed by atoms with van der Waals surface area (Å²) >= 11 is 0. The Kier molecular flexibility index (Phi) is 5.48. The second-order valence-electron chi connectivity index (χ2n) is 7.34. The molecule has 4 atom stereocenters. The first-order valence-electron chi connectivity index (χ1n) is 8.53. The van der Waals surface area contributed by atoms with Crippen molar-refractivity contribution in [1.29, 1.82) is 0 Å². The number of unbranched alkanes of at least 4 members (excludes halogenated alkanes) is 1. The van der Waals surface area contributed by atoms with Crippen LogP contribution in [0.5, 0.6) is 0 Å². The highest BCUT2D eigenvalue weighted by molar-refractivity contribution is 5.69. The summed E-state index contributed by atoms with van der Waals surface area (Å²) < 4.78 is 4.91. The Morgan fingerprint density at radius 2 is 2.10 bits per heavy atom. The number of hydrogen-bond donors (Lipinski definition) is 1. The second-order valence-corrected chi connectivity index (χ2v) is 7.34. The van der Waals surface area contributed by atoms with E-state index in [2.05, 4.69) is 26.0 Å². The van der Waals surface area contributed by atoms with E-state index in [4.69, 9.17) is 10.5 Å². The Balaban J connectivity index is 1.63. The van der Waals surface area contributed by atoms with Gasteiger partial charge < -0.3 is 10.5 Å². The largest absolute Gasteiger partial charge is 0.466 e. The molecule has 3 saturated carbocycles. The van der Waals surface area contributed by atoms with Gasteiger partial charge in [0.25, 0.3) is 0 Å². The molecule has 2 bridgehead atoms. The van der Waals surface area contributed by atoms with Crippen LogP contribution in [0.25, 0.3) is 0 Å². The maximum absolute atomic E-state index is 11.2. The van der Waals surface area contributed by atoms with Crippen LogP contribution in [0.3, 0.4) is 0 Å². The van der Waals surface area contributed by atoms with Crippen molar-refractivity contribution in [3.63, 3.8) is 0 Å². The molecule has 0 aliphatic heterocycles. The third-order valence-electron chi connectivity index (χ3n) is 5.81. The average molecular weight is 293 g/mol. The molecular formula is C18H31NO2. The fourth-order valence-electron chi connectivity index (χ4n) is 4.20. The second kappa shape index (κ2) is 6.95. The molecule has 0 unspecified atom stereocenters. The van der Waals surface area contributed by atoms with Crippen LogP contribution in [-0.2, 0) is 9.53 Å². The molecule has 0 aromatic carbocycles. The van der Waals surface area contributed by atoms with Crippen LogP contribution in [-0.4, -0.2) is 18.6 Å². The van der Waals surface area contributed by atoms with E-state index in [1.807, 2.05) is 6.92 Å². The van der Waals surface area contributed by atoms with Gasteiger partial charge in [-0.3, -0.25) is 4.79 Å². The van der Waals surface area contributed by atoms with Crippen LogP contribution < -0.4 is 5.73 Å². The summed E-state index contributed by atoms with van der Waals surface area (Å²) in [5.41, 5.74) is 6.93. The van der Waals surface area contributed by atoms with E-state index in [0.29, 0.717) is 30.4 Å². The van der Waals surface area contributed by atoms with E-state index in [0.717, 1.165) is 31.1 Å². The smallest absolute Gasteiger partial charge is 0.305 e. The zero-order chi connectivity index (χ0) is 15.5. The van der Waals surface area contributed by atoms with Gasteiger partial charge in [-0.05, 0) is 62.2 Å². The van der Waals surface area contributed by atoms with Gasteiger partial charge in [-0.1, -0.05) is 26.0 Å². The Labute approximate surface area is 129 Å². The third kappa shape index (κ3) is 3.68. The van der Waals surface area contributed by atoms with Crippen LogP contribution in [0.2, 0.25) is 0 Å². The maximum atomic E-state index is 11.2. The van der Waals surface area contributed by atoms with E-state index < -0.39 is 0 Å². The van der Waals surface area contributed by atoms with Crippen LogP contribution in [0.4, 0.5) is 0 Å². The van der Waals surface area contributed by atoms with Crippen molar-refractivity contribution in [3.8, 4) is 0 Å². The molecular weight excluding hydrogens is 262 g/mol. The molecule has 3 fully saturated rings. The molecule has 3 aliphatic rings. The number of nitrogens with two attached hydrogens (primary N) is 1. The van der Waals surface area contributed by atoms with Gasteiger partial charge in [0.15, 0.2) is 0 Å². The van der Waals surface area contributed by atoms with Crippen LogP contribution in [0.15, 0.2) is 12.2 Å². The first-order chi connectivity index (χ1) is 9.96. The van der Waals surface area contributed by atoms with E-state index in [1.54, 1.807) is 0 Å². The molecule has 120 valence electrons. The Bertz CT molecular complexity index is 389. The van der Waals surface area contributed by atoms with Crippen LogP contribution in [0.1, 0.15) is 59.3 Å². The monoisotopic (exact) mass is 293 g/mol. The van der Waals surface area contributed by atoms with Gasteiger partial charge in [0.05, 0.1) is 6.61 Å². The van der Waals surface area contributed by atoms with Gasteiger partial charge in [0.2, 0.25) is 0 Å². The quantitative estimate of drug-likeness (QED) is 0.442. The number of hydrogen-bond acceptors (Lipinski definition) is 3. The lowest BCUT2D eigenvalue weighted by molar-refractivity contribution is -0.143. The highest BCUT2D eigenvalue weighted by Crippen LogP contribution is 2.60. The van der Waals surface area contributed by atoms with Gasteiger partial charge in [-0.25, -0.2) is 0 Å². The Hall–Kier alpha value is -0.830. The number of fused-ring (bicyclic) bond motifs is 2. The lowest BCUT2D eigenvalue weighted by atomic mass is 9.45. The standard InChI is InChI=1S/C18H31NO2/c1-4-21-16(20)10-8-6-5-7-9-13-11-14-12-15(17(13)19)18(14,2)3/h5,7,13-15,17H,4,6,8-12,19H2,1-3H3/b7-5+/t13-,14-,15-,17+/m0/s1. The number of esters is 1. The van der Waals surface area contributed by atoms with Crippen LogP contribution in [0, 0.1) is 23.2 Å². The van der Waals surface area contributed by atoms with Crippen molar-refractivity contribution < 1.29 is 9.53 Å². The number of ether oxygens (including phenoxy) is 1. The first kappa shape index (κ1) is 16.5. The minimum atomic E-state index is -0.0810. The molecule has 0 amide bonds. The molecule has 2 N–H and O–H groups in total. The predicted molar refractivity (Wildman–Crippen MR) is 85.7 cm³/mol. The molecule has 0 aromatic rings. The zero-order valence-electron chi connectivity index (χ0n) is 13.8. The van der Waals surface area contributed by atoms with E-state index in [1.165, 1.54) is 12.8 Å². The fraction of sp³-hybridized carbons (Fsp3) is 0.833. The van der Waals surface area contributed by atoms with Gasteiger partial charge in [0.1, 0.15) is 0 Å². The highest BCUT2D eigenvalue weighted by Gasteiger charge is 2.56. The summed E-state index contributed by atoms with van der Waals surface area (Å²) in [4.78, 5) is 11.2. The average Bonchev–Trinajstić information content (AvgIpc) is 2.43. The molecule has 0 radical (unpaired) electrons. The molecule has 3 rings (SSSR count). The van der Waals surface area contributed by atoms with Crippen molar-refractivity contribution in [2.45, 2.75) is 65.3 Å². The minimum Gasteiger partial charge on any atom is -0.466 e. The summed E-state index contributed by atoms with van der Waals surface area (Å²) in [6, 6.07) is 0.370. The topological polar surface area (TPSA) is 52.3 Å². The predicted octanol–water partition coefficient (Wildman–Crippen LogP) is 3.68. The number of allylic oxidation sites excluding steroid dienone is 2. The summed E-state index contributed by atoms with van der Waals surface area (Å²) in [6.45, 7) is 7.09. The molecule has 0 heterocycles. The Morgan fingerprint density at radius 1 is 1.33 bits per heavy atom. The highest BCUT2D eigenvalue weighted by atomic mass is 16.5. The van der Waals surface area contributed by atoms with Crippen molar-refractivity contribution in [2.75, 3.05) is 6.61 Å². The fourth-order valence-corrected chi connectivity index (χ4v) is 4.20. The minimum absolute atomic E-state index is 0.0810. The van der Waals surface area contributed by atoms with Crippen LogP contribution >= 0.6 is 0 Å². The summed E-state index contributed by atoms with van der Waals surface area (Å²) in [5, 5.41) is 0. The van der Waals surface area contributed by atoms with Crippen molar-refractivity contribution >= 4 is 5.97 Å². The lowest BCUT2D eigenvalue weighted by Gasteiger charge is -2.61. The first-order valence-corrected chi connectivity index (χ1v) is 8.53. The van der Waals surface area contributed by atoms with Crippen molar-refractivity contribution in [3.05, 3.63) is 12.2 Å². The molecule has 3 heteroatoms. The summed E-state index contributed by atoms with van der Waals surface area (Å²) in [5.74, 6) is 2.17. The zero-order valence-corrected chi connectivity index (χ0v) is 13.8. The third-order valence-corrected chi connectivity index (χ3v) is 5.81. The normalized spacial score (nSPS) is 33.7. The maximum Gasteiger partial charge on any atom is 0.305 e. The van der Waals surface area contributed by atoms with Gasteiger partial charge in [-0.2, -0.15) is 0 Å². The number of carbonyl (C=O) groups excluding carboxylic acids is 1. The van der Waals surface area contributed by atoms with Crippen molar-refractivity contribution in [2.24, 2.45) is 28.9 Å². The van der Waals surface area contributed by atoms with E-state index in [-0.39, 0.29) is 5.97 Å². The molecule has 0 aromatic heterocycles. The van der Waals surface area contributed by atoms with Crippen molar-refractivity contribution in [1.82, 2.24) is 0 Å². The summed E-state index contributed by atoms with van der Waals surface area (Å²) in [6.07, 6.45) is 10.6. The van der Waals surface area contributed by atoms with E-state index in [9.17, 15) is 4.79 Å². The van der Waals surface area contributed by atoms with Gasteiger partial charge in [-0.15, -0.1) is 0 Å². The summed E-state index contributed by atoms with van der Waals surface area (Å²) in [7, 11) is 0. The Morgan fingerprint density at radius 3 is 2.71 bits per heavy atom. The molecule has 3 nitrogen and oxygen atoms in total. The molecule has 3 aliphatic carbocycles. The lowest BCUT2D eigenvalue weighted by Crippen LogP contribution is -2.61.